The van der Waals surface area contributed by atoms with E-state index in [1.165, 1.54) is 11.3 Å². The molecular weight excluding hydrogens is 324 g/mol. The number of carbonyl (C=O) groups is 1. The standard InChI is InChI=1S/C18H18N2O3S/c1-2-23-15-9-5-3-7-13(15)19-17(21)11-12-20-14-8-4-6-10-16(14)24-18(20)22/h3-10H,2,11-12H2,1H3,(H,19,21). The Balaban J connectivity index is 1.70. The fourth-order valence-electron chi connectivity index (χ4n) is 2.50. The van der Waals surface area contributed by atoms with Gasteiger partial charge in [-0.1, -0.05) is 35.6 Å². The topological polar surface area (TPSA) is 60.3 Å². The summed E-state index contributed by atoms with van der Waals surface area (Å²) < 4.78 is 8.08. The van der Waals surface area contributed by atoms with Gasteiger partial charge in [0.25, 0.3) is 0 Å². The van der Waals surface area contributed by atoms with Gasteiger partial charge in [-0.25, -0.2) is 0 Å². The van der Waals surface area contributed by atoms with Gasteiger partial charge in [0, 0.05) is 13.0 Å². The lowest BCUT2D eigenvalue weighted by molar-refractivity contribution is -0.116. The maximum absolute atomic E-state index is 12.2. The first-order valence-corrected chi connectivity index (χ1v) is 8.60. The number of aryl methyl sites for hydroxylation is 1. The molecule has 0 saturated carbocycles. The number of ether oxygens (including phenoxy) is 1. The van der Waals surface area contributed by atoms with E-state index >= 15 is 0 Å². The van der Waals surface area contributed by atoms with Crippen molar-refractivity contribution in [2.45, 2.75) is 19.9 Å². The van der Waals surface area contributed by atoms with Crippen LogP contribution < -0.4 is 14.9 Å². The van der Waals surface area contributed by atoms with Crippen LogP contribution in [0.5, 0.6) is 5.75 Å². The molecule has 2 aromatic carbocycles. The number of aromatic nitrogens is 1. The molecule has 0 radical (unpaired) electrons. The lowest BCUT2D eigenvalue weighted by Crippen LogP contribution is -2.19. The van der Waals surface area contributed by atoms with E-state index in [-0.39, 0.29) is 17.2 Å². The number of carbonyl (C=O) groups excluding carboxylic acids is 1. The van der Waals surface area contributed by atoms with Crippen LogP contribution in [0.25, 0.3) is 10.2 Å². The summed E-state index contributed by atoms with van der Waals surface area (Å²) in [5, 5.41) is 2.85. The number of anilines is 1. The summed E-state index contributed by atoms with van der Waals surface area (Å²) in [6.45, 7) is 2.78. The lowest BCUT2D eigenvalue weighted by Gasteiger charge is -2.11. The molecule has 5 nitrogen and oxygen atoms in total. The Morgan fingerprint density at radius 1 is 1.17 bits per heavy atom. The minimum atomic E-state index is -0.149. The molecule has 0 fully saturated rings. The highest BCUT2D eigenvalue weighted by Crippen LogP contribution is 2.24. The molecule has 0 saturated heterocycles. The fraction of sp³-hybridized carbons (Fsp3) is 0.222. The van der Waals surface area contributed by atoms with Crippen molar-refractivity contribution in [2.24, 2.45) is 0 Å². The van der Waals surface area contributed by atoms with Crippen molar-refractivity contribution in [3.63, 3.8) is 0 Å². The summed E-state index contributed by atoms with van der Waals surface area (Å²) in [5.74, 6) is 0.496. The molecule has 1 heterocycles. The number of hydrogen-bond acceptors (Lipinski definition) is 4. The number of benzene rings is 2. The van der Waals surface area contributed by atoms with Crippen LogP contribution in [0.15, 0.2) is 53.3 Å². The van der Waals surface area contributed by atoms with E-state index in [0.717, 1.165) is 10.2 Å². The summed E-state index contributed by atoms with van der Waals surface area (Å²) in [5.41, 5.74) is 1.52. The second-order valence-electron chi connectivity index (χ2n) is 5.21. The fourth-order valence-corrected chi connectivity index (χ4v) is 3.42. The highest BCUT2D eigenvalue weighted by molar-refractivity contribution is 7.16. The summed E-state index contributed by atoms with van der Waals surface area (Å²) >= 11 is 1.20. The number of nitrogens with one attached hydrogen (secondary N) is 1. The molecule has 3 aromatic rings. The van der Waals surface area contributed by atoms with Crippen LogP contribution in [0.3, 0.4) is 0 Å². The Morgan fingerprint density at radius 2 is 1.92 bits per heavy atom. The third-order valence-corrected chi connectivity index (χ3v) is 4.56. The van der Waals surface area contributed by atoms with Gasteiger partial charge in [-0.3, -0.25) is 14.2 Å². The van der Waals surface area contributed by atoms with Gasteiger partial charge < -0.3 is 10.1 Å². The average molecular weight is 342 g/mol. The molecular formula is C18H18N2O3S. The van der Waals surface area contributed by atoms with Gasteiger partial charge in [0.15, 0.2) is 0 Å². The van der Waals surface area contributed by atoms with Crippen LogP contribution in [0.2, 0.25) is 0 Å². The van der Waals surface area contributed by atoms with Crippen molar-refractivity contribution in [3.05, 3.63) is 58.2 Å². The summed E-state index contributed by atoms with van der Waals surface area (Å²) in [7, 11) is 0. The first-order valence-electron chi connectivity index (χ1n) is 7.79. The number of rotatable bonds is 6. The van der Waals surface area contributed by atoms with Crippen LogP contribution in [-0.4, -0.2) is 17.1 Å². The van der Waals surface area contributed by atoms with Crippen molar-refractivity contribution < 1.29 is 9.53 Å². The molecule has 3 rings (SSSR count). The van der Waals surface area contributed by atoms with Gasteiger partial charge in [0.1, 0.15) is 5.75 Å². The molecule has 0 aliphatic rings. The van der Waals surface area contributed by atoms with Crippen LogP contribution in [0.4, 0.5) is 5.69 Å². The maximum atomic E-state index is 12.2. The molecule has 124 valence electrons. The third-order valence-electron chi connectivity index (χ3n) is 3.60. The molecule has 1 N–H and O–H groups in total. The van der Waals surface area contributed by atoms with Crippen LogP contribution in [-0.2, 0) is 11.3 Å². The van der Waals surface area contributed by atoms with Gasteiger partial charge in [0.05, 0.1) is 22.5 Å². The van der Waals surface area contributed by atoms with E-state index in [2.05, 4.69) is 5.32 Å². The lowest BCUT2D eigenvalue weighted by atomic mass is 10.2. The SMILES string of the molecule is CCOc1ccccc1NC(=O)CCn1c(=O)sc2ccccc21. The van der Waals surface area contributed by atoms with Crippen molar-refractivity contribution in [1.29, 1.82) is 0 Å². The molecule has 0 aliphatic heterocycles. The minimum Gasteiger partial charge on any atom is -0.492 e. The first kappa shape index (κ1) is 16.3. The van der Waals surface area contributed by atoms with Gasteiger partial charge >= 0.3 is 4.87 Å². The van der Waals surface area contributed by atoms with Gasteiger partial charge in [0.2, 0.25) is 5.91 Å². The normalized spacial score (nSPS) is 10.7. The van der Waals surface area contributed by atoms with Crippen molar-refractivity contribution >= 4 is 33.1 Å². The Kier molecular flexibility index (Phi) is 4.96. The van der Waals surface area contributed by atoms with E-state index < -0.39 is 0 Å². The molecule has 1 aromatic heterocycles. The Bertz CT molecular complexity index is 914. The first-order chi connectivity index (χ1) is 11.7. The van der Waals surface area contributed by atoms with Gasteiger partial charge in [-0.2, -0.15) is 0 Å². The number of nitrogens with zero attached hydrogens (tertiary/aromatic N) is 1. The van der Waals surface area contributed by atoms with E-state index in [1.807, 2.05) is 49.4 Å². The van der Waals surface area contributed by atoms with Crippen molar-refractivity contribution in [3.8, 4) is 5.75 Å². The zero-order valence-corrected chi connectivity index (χ0v) is 14.1. The van der Waals surface area contributed by atoms with Crippen molar-refractivity contribution in [2.75, 3.05) is 11.9 Å². The van der Waals surface area contributed by atoms with Crippen LogP contribution >= 0.6 is 11.3 Å². The monoisotopic (exact) mass is 342 g/mol. The Hall–Kier alpha value is -2.60. The molecule has 0 spiro atoms. The average Bonchev–Trinajstić information content (AvgIpc) is 2.90. The third kappa shape index (κ3) is 3.49. The largest absolute Gasteiger partial charge is 0.492 e. The molecule has 6 heteroatoms. The maximum Gasteiger partial charge on any atom is 0.308 e. The number of amides is 1. The van der Waals surface area contributed by atoms with E-state index in [1.54, 1.807) is 10.6 Å². The smallest absolute Gasteiger partial charge is 0.308 e. The minimum absolute atomic E-state index is 0.0429. The van der Waals surface area contributed by atoms with Crippen molar-refractivity contribution in [1.82, 2.24) is 4.57 Å². The number of hydrogen-bond donors (Lipinski definition) is 1. The number of fused-ring (bicyclic) bond motifs is 1. The molecule has 24 heavy (non-hydrogen) atoms. The summed E-state index contributed by atoms with van der Waals surface area (Å²) in [4.78, 5) is 24.3. The highest BCUT2D eigenvalue weighted by atomic mass is 32.1. The quantitative estimate of drug-likeness (QED) is 0.746. The van der Waals surface area contributed by atoms with Gasteiger partial charge in [-0.15, -0.1) is 0 Å². The highest BCUT2D eigenvalue weighted by Gasteiger charge is 2.11. The molecule has 1 amide bonds. The van der Waals surface area contributed by atoms with E-state index in [9.17, 15) is 9.59 Å². The molecule has 0 unspecified atom stereocenters. The Labute approximate surface area is 143 Å². The number of thiazole rings is 1. The second kappa shape index (κ2) is 7.31. The zero-order chi connectivity index (χ0) is 16.9. The molecule has 0 atom stereocenters. The zero-order valence-electron chi connectivity index (χ0n) is 13.3. The second-order valence-corrected chi connectivity index (χ2v) is 6.21. The molecule has 0 bridgehead atoms. The van der Waals surface area contributed by atoms with Crippen LogP contribution in [0, 0.1) is 0 Å². The van der Waals surface area contributed by atoms with E-state index in [4.69, 9.17) is 4.74 Å². The predicted octanol–water partition coefficient (Wildman–Crippen LogP) is 3.49. The number of para-hydroxylation sites is 3. The Morgan fingerprint density at radius 3 is 2.75 bits per heavy atom. The van der Waals surface area contributed by atoms with E-state index in [0.29, 0.717) is 24.6 Å². The summed E-state index contributed by atoms with van der Waals surface area (Å²) in [6, 6.07) is 14.9. The predicted molar refractivity (Wildman–Crippen MR) is 96.9 cm³/mol. The molecule has 0 aliphatic carbocycles. The van der Waals surface area contributed by atoms with Gasteiger partial charge in [-0.05, 0) is 31.2 Å². The van der Waals surface area contributed by atoms with Crippen LogP contribution in [0.1, 0.15) is 13.3 Å². The summed E-state index contributed by atoms with van der Waals surface area (Å²) in [6.07, 6.45) is 0.223.